The Morgan fingerprint density at radius 3 is 2.68 bits per heavy atom. The average Bonchev–Trinajstić information content (AvgIpc) is 2.35. The summed E-state index contributed by atoms with van der Waals surface area (Å²) in [5.74, 6) is 1.24. The van der Waals surface area contributed by atoms with Crippen molar-refractivity contribution < 1.29 is 9.90 Å². The van der Waals surface area contributed by atoms with Crippen molar-refractivity contribution in [2.24, 2.45) is 17.3 Å². The number of allylic oxidation sites excluding steroid dienone is 3. The Balaban J connectivity index is 1.86. The number of hydrogen-bond acceptors (Lipinski definition) is 2. The van der Waals surface area contributed by atoms with Crippen LogP contribution in [0.15, 0.2) is 42.0 Å². The molecular formula is C17H18O2. The number of aromatic hydroxyl groups is 1. The van der Waals surface area contributed by atoms with Crippen LogP contribution in [-0.4, -0.2) is 10.9 Å². The molecule has 1 aromatic rings. The van der Waals surface area contributed by atoms with Crippen LogP contribution in [0.25, 0.3) is 6.08 Å². The highest BCUT2D eigenvalue weighted by molar-refractivity contribution is 5.96. The Bertz CT molecular complexity index is 593. The van der Waals surface area contributed by atoms with E-state index in [4.69, 9.17) is 0 Å². The first-order valence-electron chi connectivity index (χ1n) is 6.71. The molecule has 0 amide bonds. The summed E-state index contributed by atoms with van der Waals surface area (Å²) in [6.07, 6.45) is 6.77. The van der Waals surface area contributed by atoms with Gasteiger partial charge in [-0.3, -0.25) is 4.79 Å². The Labute approximate surface area is 113 Å². The van der Waals surface area contributed by atoms with E-state index < -0.39 is 0 Å². The summed E-state index contributed by atoms with van der Waals surface area (Å²) < 4.78 is 0. The zero-order valence-corrected chi connectivity index (χ0v) is 11.3. The normalized spacial score (nSPS) is 28.1. The van der Waals surface area contributed by atoms with Gasteiger partial charge in [0, 0.05) is 5.92 Å². The minimum absolute atomic E-state index is 0.102. The Morgan fingerprint density at radius 1 is 1.26 bits per heavy atom. The van der Waals surface area contributed by atoms with Crippen LogP contribution in [-0.2, 0) is 4.79 Å². The van der Waals surface area contributed by atoms with E-state index in [0.29, 0.717) is 5.92 Å². The first-order chi connectivity index (χ1) is 8.98. The van der Waals surface area contributed by atoms with Crippen molar-refractivity contribution in [2.45, 2.75) is 20.3 Å². The molecular weight excluding hydrogens is 236 g/mol. The van der Waals surface area contributed by atoms with E-state index in [1.807, 2.05) is 24.3 Å². The number of carbonyl (C=O) groups is 1. The highest BCUT2D eigenvalue weighted by atomic mass is 16.3. The Morgan fingerprint density at radius 2 is 2.05 bits per heavy atom. The van der Waals surface area contributed by atoms with E-state index in [1.54, 1.807) is 18.2 Å². The number of phenols is 1. The fourth-order valence-electron chi connectivity index (χ4n) is 3.32. The molecule has 3 aliphatic rings. The minimum Gasteiger partial charge on any atom is -0.508 e. The maximum atomic E-state index is 12.0. The van der Waals surface area contributed by atoms with E-state index in [1.165, 1.54) is 0 Å². The van der Waals surface area contributed by atoms with Gasteiger partial charge in [0.15, 0.2) is 5.78 Å². The minimum atomic E-state index is 0.102. The van der Waals surface area contributed by atoms with Crippen LogP contribution in [0.1, 0.15) is 25.8 Å². The molecule has 4 rings (SSSR count). The highest BCUT2D eigenvalue weighted by Crippen LogP contribution is 2.58. The molecule has 1 saturated carbocycles. The van der Waals surface area contributed by atoms with Crippen LogP contribution >= 0.6 is 0 Å². The van der Waals surface area contributed by atoms with Gasteiger partial charge in [0.05, 0.1) is 0 Å². The third kappa shape index (κ3) is 1.92. The third-order valence-electron chi connectivity index (χ3n) is 4.66. The zero-order chi connectivity index (χ0) is 13.6. The van der Waals surface area contributed by atoms with Gasteiger partial charge in [-0.1, -0.05) is 38.1 Å². The smallest absolute Gasteiger partial charge is 0.159 e. The predicted molar refractivity (Wildman–Crippen MR) is 75.6 cm³/mol. The van der Waals surface area contributed by atoms with E-state index in [0.717, 1.165) is 17.6 Å². The summed E-state index contributed by atoms with van der Waals surface area (Å²) in [5, 5.41) is 9.43. The lowest BCUT2D eigenvalue weighted by atomic mass is 9.48. The lowest BCUT2D eigenvalue weighted by Crippen LogP contribution is -2.52. The van der Waals surface area contributed by atoms with E-state index in [-0.39, 0.29) is 22.9 Å². The molecule has 2 bridgehead atoms. The number of fused-ring (bicyclic) bond motifs is 1. The second-order valence-electron chi connectivity index (χ2n) is 6.14. The summed E-state index contributed by atoms with van der Waals surface area (Å²) in [4.78, 5) is 12.0. The molecule has 1 aromatic carbocycles. The molecule has 1 fully saturated rings. The maximum Gasteiger partial charge on any atom is 0.159 e. The van der Waals surface area contributed by atoms with E-state index in [2.05, 4.69) is 13.8 Å². The largest absolute Gasteiger partial charge is 0.508 e. The molecule has 3 aliphatic carbocycles. The van der Waals surface area contributed by atoms with Crippen LogP contribution in [0.2, 0.25) is 0 Å². The molecule has 19 heavy (non-hydrogen) atoms. The van der Waals surface area contributed by atoms with Crippen LogP contribution < -0.4 is 0 Å². The van der Waals surface area contributed by atoms with Gasteiger partial charge in [-0.2, -0.15) is 0 Å². The zero-order valence-electron chi connectivity index (χ0n) is 11.3. The molecule has 0 saturated heterocycles. The van der Waals surface area contributed by atoms with Crippen molar-refractivity contribution >= 4 is 11.9 Å². The standard InChI is InChI=1S/C17H18O2/c1-17(2)14-10-15(17)16(19)9-12(14)7-6-11-4-3-5-13(18)8-11/h3-9,14-15,18H,10H2,1-2H3/b7-6+/t14-,15+/m0/s1. The predicted octanol–water partition coefficient (Wildman–Crippen LogP) is 3.58. The summed E-state index contributed by atoms with van der Waals surface area (Å²) in [5.41, 5.74) is 2.18. The lowest BCUT2D eigenvalue weighted by molar-refractivity contribution is -0.133. The summed E-state index contributed by atoms with van der Waals surface area (Å²) in [6.45, 7) is 4.36. The van der Waals surface area contributed by atoms with Crippen molar-refractivity contribution in [1.29, 1.82) is 0 Å². The monoisotopic (exact) mass is 254 g/mol. The number of phenolic OH excluding ortho intramolecular Hbond substituents is 1. The van der Waals surface area contributed by atoms with Crippen molar-refractivity contribution in [1.82, 2.24) is 0 Å². The van der Waals surface area contributed by atoms with Gasteiger partial charge in [0.2, 0.25) is 0 Å². The van der Waals surface area contributed by atoms with Crippen LogP contribution in [0.5, 0.6) is 5.75 Å². The summed E-state index contributed by atoms with van der Waals surface area (Å²) in [6, 6.07) is 7.13. The molecule has 2 atom stereocenters. The third-order valence-corrected chi connectivity index (χ3v) is 4.66. The fourth-order valence-corrected chi connectivity index (χ4v) is 3.32. The molecule has 2 nitrogen and oxygen atoms in total. The SMILES string of the molecule is CC1(C)[C@@H]2C[C@H]1C(/C=C/c1cccc(O)c1)=CC2=O. The van der Waals surface area contributed by atoms with Gasteiger partial charge in [-0.15, -0.1) is 0 Å². The van der Waals surface area contributed by atoms with Crippen molar-refractivity contribution in [3.05, 3.63) is 47.6 Å². The fraction of sp³-hybridized carbons (Fsp3) is 0.353. The quantitative estimate of drug-likeness (QED) is 0.876. The molecule has 2 heteroatoms. The average molecular weight is 254 g/mol. The van der Waals surface area contributed by atoms with Crippen molar-refractivity contribution in [2.75, 3.05) is 0 Å². The maximum absolute atomic E-state index is 12.0. The number of benzene rings is 1. The molecule has 0 spiro atoms. The van der Waals surface area contributed by atoms with Gasteiger partial charge >= 0.3 is 0 Å². The van der Waals surface area contributed by atoms with Gasteiger partial charge in [0.1, 0.15) is 5.75 Å². The van der Waals surface area contributed by atoms with Crippen molar-refractivity contribution in [3.63, 3.8) is 0 Å². The van der Waals surface area contributed by atoms with Gasteiger partial charge < -0.3 is 5.11 Å². The number of ketones is 1. The molecule has 0 heterocycles. The molecule has 98 valence electrons. The van der Waals surface area contributed by atoms with E-state index in [9.17, 15) is 9.90 Å². The molecule has 1 N–H and O–H groups in total. The topological polar surface area (TPSA) is 37.3 Å². The van der Waals surface area contributed by atoms with Gasteiger partial charge in [-0.05, 0) is 47.1 Å². The van der Waals surface area contributed by atoms with Crippen LogP contribution in [0, 0.1) is 17.3 Å². The summed E-state index contributed by atoms with van der Waals surface area (Å²) in [7, 11) is 0. The second kappa shape index (κ2) is 4.09. The Hall–Kier alpha value is -1.83. The second-order valence-corrected chi connectivity index (χ2v) is 6.14. The summed E-state index contributed by atoms with van der Waals surface area (Å²) >= 11 is 0. The first-order valence-corrected chi connectivity index (χ1v) is 6.71. The van der Waals surface area contributed by atoms with Crippen LogP contribution in [0.4, 0.5) is 0 Å². The van der Waals surface area contributed by atoms with E-state index >= 15 is 0 Å². The molecule has 0 aromatic heterocycles. The van der Waals surface area contributed by atoms with Gasteiger partial charge in [0.25, 0.3) is 0 Å². The molecule has 0 unspecified atom stereocenters. The Kier molecular flexibility index (Phi) is 2.63. The number of hydrogen-bond donors (Lipinski definition) is 1. The number of carbonyl (C=O) groups excluding carboxylic acids is 1. The lowest BCUT2D eigenvalue weighted by Gasteiger charge is -2.54. The van der Waals surface area contributed by atoms with Crippen LogP contribution in [0.3, 0.4) is 0 Å². The van der Waals surface area contributed by atoms with Gasteiger partial charge in [-0.25, -0.2) is 0 Å². The molecule has 0 aliphatic heterocycles. The first kappa shape index (κ1) is 12.2. The highest BCUT2D eigenvalue weighted by Gasteiger charge is 2.54. The number of rotatable bonds is 2. The molecule has 0 radical (unpaired) electrons. The van der Waals surface area contributed by atoms with Crippen molar-refractivity contribution in [3.8, 4) is 5.75 Å².